The van der Waals surface area contributed by atoms with Crippen LogP contribution in [0.4, 0.5) is 0 Å². The van der Waals surface area contributed by atoms with E-state index in [0.29, 0.717) is 25.7 Å². The summed E-state index contributed by atoms with van der Waals surface area (Å²) in [6.45, 7) is 0. The molecule has 4 nitrogen and oxygen atoms in total. The van der Waals surface area contributed by atoms with Crippen LogP contribution >= 0.6 is 0 Å². The van der Waals surface area contributed by atoms with Gasteiger partial charge in [-0.15, -0.1) is 0 Å². The van der Waals surface area contributed by atoms with Crippen LogP contribution < -0.4 is 0 Å². The molecule has 2 aliphatic rings. The van der Waals surface area contributed by atoms with Gasteiger partial charge in [0.05, 0.1) is 0 Å². The van der Waals surface area contributed by atoms with Crippen LogP contribution in [0.15, 0.2) is 0 Å². The summed E-state index contributed by atoms with van der Waals surface area (Å²) in [7, 11) is 0. The van der Waals surface area contributed by atoms with E-state index in [1.807, 2.05) is 0 Å². The normalized spacial score (nSPS) is 26.8. The van der Waals surface area contributed by atoms with Gasteiger partial charge >= 0.3 is 0 Å². The molecular formula is C24H46O4. The largest absolute Gasteiger partial charge is 0.363 e. The summed E-state index contributed by atoms with van der Waals surface area (Å²) in [5.74, 6) is -2.50. The van der Waals surface area contributed by atoms with Gasteiger partial charge in [-0.25, -0.2) is 0 Å². The van der Waals surface area contributed by atoms with E-state index in [1.54, 1.807) is 0 Å². The van der Waals surface area contributed by atoms with Gasteiger partial charge in [0.1, 0.15) is 0 Å². The molecule has 0 aromatic heterocycles. The Labute approximate surface area is 173 Å². The third-order valence-electron chi connectivity index (χ3n) is 6.62. The van der Waals surface area contributed by atoms with Gasteiger partial charge in [-0.05, 0) is 25.7 Å². The van der Waals surface area contributed by atoms with Gasteiger partial charge in [0.2, 0.25) is 0 Å². The van der Waals surface area contributed by atoms with E-state index < -0.39 is 11.6 Å². The zero-order chi connectivity index (χ0) is 20.0. The summed E-state index contributed by atoms with van der Waals surface area (Å²) in [6, 6.07) is 0. The van der Waals surface area contributed by atoms with Crippen LogP contribution in [0.1, 0.15) is 141 Å². The summed E-state index contributed by atoms with van der Waals surface area (Å²) in [6.07, 6.45) is 23.6. The molecule has 2 N–H and O–H groups in total. The third-order valence-corrected chi connectivity index (χ3v) is 6.62. The monoisotopic (exact) mass is 398 g/mol. The van der Waals surface area contributed by atoms with Gasteiger partial charge in [0, 0.05) is 25.7 Å². The lowest BCUT2D eigenvalue weighted by atomic mass is 9.97. The molecule has 28 heavy (non-hydrogen) atoms. The molecule has 4 heteroatoms. The van der Waals surface area contributed by atoms with Crippen LogP contribution in [0.25, 0.3) is 0 Å². The number of aliphatic hydroxyl groups is 2. The second-order valence-corrected chi connectivity index (χ2v) is 9.42. The van der Waals surface area contributed by atoms with Gasteiger partial charge in [0.15, 0.2) is 11.6 Å². The minimum Gasteiger partial charge on any atom is -0.363 e. The lowest BCUT2D eigenvalue weighted by molar-refractivity contribution is -0.498. The van der Waals surface area contributed by atoms with Crippen LogP contribution in [-0.4, -0.2) is 21.8 Å². The predicted octanol–water partition coefficient (Wildman–Crippen LogP) is 6.92. The summed E-state index contributed by atoms with van der Waals surface area (Å²) >= 11 is 0. The molecule has 0 unspecified atom stereocenters. The summed E-state index contributed by atoms with van der Waals surface area (Å²) in [5.41, 5.74) is 0. The Morgan fingerprint density at radius 1 is 0.321 bits per heavy atom. The Bertz CT molecular complexity index is 325. The van der Waals surface area contributed by atoms with E-state index in [4.69, 9.17) is 9.78 Å². The van der Waals surface area contributed by atoms with Crippen molar-refractivity contribution in [2.24, 2.45) is 0 Å². The van der Waals surface area contributed by atoms with Crippen molar-refractivity contribution in [3.63, 3.8) is 0 Å². The molecule has 2 fully saturated rings. The maximum atomic E-state index is 11.1. The van der Waals surface area contributed by atoms with E-state index in [1.165, 1.54) is 64.2 Å². The van der Waals surface area contributed by atoms with Crippen LogP contribution in [0.5, 0.6) is 0 Å². The highest BCUT2D eigenvalue weighted by Crippen LogP contribution is 2.31. The molecule has 0 amide bonds. The zero-order valence-electron chi connectivity index (χ0n) is 18.3. The van der Waals surface area contributed by atoms with Crippen molar-refractivity contribution >= 4 is 0 Å². The maximum absolute atomic E-state index is 11.1. The molecule has 0 heterocycles. The van der Waals surface area contributed by atoms with Gasteiger partial charge in [-0.1, -0.05) is 89.9 Å². The van der Waals surface area contributed by atoms with E-state index in [2.05, 4.69) is 0 Å². The maximum Gasteiger partial charge on any atom is 0.199 e. The highest BCUT2D eigenvalue weighted by Gasteiger charge is 2.35. The van der Waals surface area contributed by atoms with Crippen molar-refractivity contribution in [2.75, 3.05) is 0 Å². The van der Waals surface area contributed by atoms with Crippen molar-refractivity contribution in [1.82, 2.24) is 0 Å². The van der Waals surface area contributed by atoms with E-state index in [-0.39, 0.29) is 0 Å². The molecule has 2 saturated carbocycles. The quantitative estimate of drug-likeness (QED) is 0.308. The second kappa shape index (κ2) is 14.0. The van der Waals surface area contributed by atoms with E-state index >= 15 is 0 Å². The average Bonchev–Trinajstić information content (AvgIpc) is 2.66. The second-order valence-electron chi connectivity index (χ2n) is 9.42. The highest BCUT2D eigenvalue weighted by molar-refractivity contribution is 4.71. The fraction of sp³-hybridized carbons (Fsp3) is 1.00. The highest BCUT2D eigenvalue weighted by atomic mass is 17.2. The van der Waals surface area contributed by atoms with Gasteiger partial charge in [-0.2, -0.15) is 9.78 Å². The predicted molar refractivity (Wildman–Crippen MR) is 114 cm³/mol. The van der Waals surface area contributed by atoms with Crippen LogP contribution in [0.2, 0.25) is 0 Å². The molecule has 2 rings (SSSR count). The van der Waals surface area contributed by atoms with Crippen molar-refractivity contribution in [3.05, 3.63) is 0 Å². The molecule has 0 saturated heterocycles. The first kappa shape index (κ1) is 24.1. The molecule has 2 aliphatic carbocycles. The number of hydrogen-bond donors (Lipinski definition) is 2. The summed E-state index contributed by atoms with van der Waals surface area (Å²) < 4.78 is 0. The number of hydrogen-bond acceptors (Lipinski definition) is 4. The minimum atomic E-state index is -1.25. The smallest absolute Gasteiger partial charge is 0.199 e. The molecule has 0 aromatic rings. The molecule has 0 aromatic carbocycles. The molecule has 0 radical (unpaired) electrons. The molecule has 0 bridgehead atoms. The van der Waals surface area contributed by atoms with Crippen molar-refractivity contribution < 1.29 is 20.0 Å². The molecule has 0 spiro atoms. The summed E-state index contributed by atoms with van der Waals surface area (Å²) in [5, 5.41) is 22.1. The Morgan fingerprint density at radius 2 is 0.500 bits per heavy atom. The third kappa shape index (κ3) is 10.6. The molecule has 0 aliphatic heterocycles. The van der Waals surface area contributed by atoms with Gasteiger partial charge in [0.25, 0.3) is 0 Å². The van der Waals surface area contributed by atoms with Crippen molar-refractivity contribution in [1.29, 1.82) is 0 Å². The average molecular weight is 399 g/mol. The molecule has 166 valence electrons. The summed E-state index contributed by atoms with van der Waals surface area (Å²) in [4.78, 5) is 11.3. The first-order valence-corrected chi connectivity index (χ1v) is 12.4. The van der Waals surface area contributed by atoms with Crippen molar-refractivity contribution in [3.8, 4) is 0 Å². The Morgan fingerprint density at radius 3 is 0.714 bits per heavy atom. The van der Waals surface area contributed by atoms with E-state index in [9.17, 15) is 10.2 Å². The van der Waals surface area contributed by atoms with Crippen LogP contribution in [0, 0.1) is 0 Å². The Kier molecular flexibility index (Phi) is 12.0. The fourth-order valence-corrected chi connectivity index (χ4v) is 4.65. The molecular weight excluding hydrogens is 352 g/mol. The first-order chi connectivity index (χ1) is 13.6. The van der Waals surface area contributed by atoms with Gasteiger partial charge < -0.3 is 10.2 Å². The zero-order valence-corrected chi connectivity index (χ0v) is 18.3. The minimum absolute atomic E-state index is 0.600. The van der Waals surface area contributed by atoms with E-state index in [0.717, 1.165) is 51.4 Å². The van der Waals surface area contributed by atoms with Crippen molar-refractivity contribution in [2.45, 2.75) is 153 Å². The lowest BCUT2D eigenvalue weighted by Crippen LogP contribution is -2.40. The lowest BCUT2D eigenvalue weighted by Gasteiger charge is -2.33. The van der Waals surface area contributed by atoms with Crippen LogP contribution in [0.3, 0.4) is 0 Å². The van der Waals surface area contributed by atoms with Crippen LogP contribution in [-0.2, 0) is 9.78 Å². The standard InChI is InChI=1S/C24H46O4/c25-23(19-15-11-7-3-1-4-8-12-16-20-23)27-28-24(26)21-17-13-9-5-2-6-10-14-18-22-24/h25-26H,1-22H2. The number of rotatable bonds is 3. The molecule has 0 atom stereocenters. The topological polar surface area (TPSA) is 58.9 Å². The first-order valence-electron chi connectivity index (χ1n) is 12.4. The Hall–Kier alpha value is -0.160. The Balaban J connectivity index is 1.86. The van der Waals surface area contributed by atoms with Gasteiger partial charge in [-0.3, -0.25) is 0 Å². The SMILES string of the molecule is OC1(OOC2(O)CCCCCCCCCCC2)CCCCCCCCCCC1. The fourth-order valence-electron chi connectivity index (χ4n) is 4.65.